The first-order valence-corrected chi connectivity index (χ1v) is 13.1. The number of nitrogens with zero attached hydrogens (tertiary/aromatic N) is 2. The Bertz CT molecular complexity index is 1020. The third-order valence-corrected chi connectivity index (χ3v) is 8.18. The molecule has 9 heteroatoms. The van der Waals surface area contributed by atoms with Gasteiger partial charge < -0.3 is 10.2 Å². The van der Waals surface area contributed by atoms with Crippen molar-refractivity contribution in [1.29, 1.82) is 0 Å². The van der Waals surface area contributed by atoms with Gasteiger partial charge in [-0.25, -0.2) is 9.52 Å². The number of likely N-dealkylation sites (N-methyl/N-ethyl adjacent to an activating group) is 1. The van der Waals surface area contributed by atoms with E-state index < -0.39 is 16.2 Å². The largest absolute Gasteiger partial charge is 0.333 e. The molecule has 0 spiro atoms. The number of hydrogen-bond acceptors (Lipinski definition) is 5. The summed E-state index contributed by atoms with van der Waals surface area (Å²) in [6, 6.07) is 3.50. The predicted octanol–water partition coefficient (Wildman–Crippen LogP) is 3.16. The van der Waals surface area contributed by atoms with E-state index in [1.54, 1.807) is 0 Å². The third-order valence-electron chi connectivity index (χ3n) is 6.01. The van der Waals surface area contributed by atoms with Crippen LogP contribution in [0.15, 0.2) is 22.9 Å². The normalized spacial score (nSPS) is 15.4. The molecule has 2 N–H and O–H groups in total. The zero-order valence-electron chi connectivity index (χ0n) is 18.1. The number of anilines is 1. The molecule has 0 radical (unpaired) electrons. The average Bonchev–Trinajstić information content (AvgIpc) is 3.45. The number of thiophene rings is 1. The van der Waals surface area contributed by atoms with Crippen molar-refractivity contribution in [2.75, 3.05) is 32.5 Å². The van der Waals surface area contributed by atoms with Gasteiger partial charge >= 0.3 is 16.2 Å². The van der Waals surface area contributed by atoms with Crippen molar-refractivity contribution in [3.63, 3.8) is 0 Å². The minimum absolute atomic E-state index is 0.232. The summed E-state index contributed by atoms with van der Waals surface area (Å²) in [5.74, 6) is 0. The van der Waals surface area contributed by atoms with E-state index in [-0.39, 0.29) is 6.54 Å². The number of carbonyl (C=O) groups excluding carboxylic acids is 1. The monoisotopic (exact) mass is 462 g/mol. The van der Waals surface area contributed by atoms with Gasteiger partial charge in [0, 0.05) is 25.3 Å². The van der Waals surface area contributed by atoms with E-state index in [1.807, 2.05) is 35.8 Å². The molecule has 2 aliphatic carbocycles. The minimum atomic E-state index is -3.99. The summed E-state index contributed by atoms with van der Waals surface area (Å²) in [7, 11) is -0.203. The van der Waals surface area contributed by atoms with Crippen LogP contribution in [0.1, 0.15) is 40.7 Å². The first-order valence-electron chi connectivity index (χ1n) is 10.7. The van der Waals surface area contributed by atoms with Crippen LogP contribution in [0, 0.1) is 0 Å². The van der Waals surface area contributed by atoms with Gasteiger partial charge in [-0.05, 0) is 97.3 Å². The molecule has 168 valence electrons. The maximum absolute atomic E-state index is 13.1. The Morgan fingerprint density at radius 2 is 1.74 bits per heavy atom. The number of rotatable bonds is 8. The van der Waals surface area contributed by atoms with E-state index in [4.69, 9.17) is 0 Å². The number of carbonyl (C=O) groups is 1. The first-order chi connectivity index (χ1) is 14.8. The molecule has 0 unspecified atom stereocenters. The lowest BCUT2D eigenvalue weighted by Crippen LogP contribution is -2.46. The summed E-state index contributed by atoms with van der Waals surface area (Å²) in [5, 5.41) is 6.76. The topological polar surface area (TPSA) is 81.8 Å². The van der Waals surface area contributed by atoms with Crippen LogP contribution in [0.2, 0.25) is 0 Å². The van der Waals surface area contributed by atoms with Gasteiger partial charge in [-0.15, -0.1) is 0 Å². The highest BCUT2D eigenvalue weighted by molar-refractivity contribution is 7.87. The van der Waals surface area contributed by atoms with Crippen molar-refractivity contribution >= 4 is 33.3 Å². The number of fused-ring (bicyclic) bond motifs is 2. The fourth-order valence-electron chi connectivity index (χ4n) is 4.47. The van der Waals surface area contributed by atoms with Crippen LogP contribution >= 0.6 is 11.3 Å². The maximum Gasteiger partial charge on any atom is 0.333 e. The summed E-state index contributed by atoms with van der Waals surface area (Å²) >= 11 is 1.52. The van der Waals surface area contributed by atoms with Crippen LogP contribution in [-0.4, -0.2) is 50.8 Å². The highest BCUT2D eigenvalue weighted by Gasteiger charge is 2.28. The standard InChI is InChI=1S/C22H30N4O3S2/c1-25(2)10-11-26(14-16-9-12-30-15-16)31(28,29)24-22(27)23-21-19-7-3-5-17(19)13-18-6-4-8-20(18)21/h9,12-13,15H,3-8,10-11,14H2,1-2H3,(H2,23,24,27). The molecule has 0 aliphatic heterocycles. The van der Waals surface area contributed by atoms with Crippen LogP contribution in [-0.2, 0) is 42.4 Å². The van der Waals surface area contributed by atoms with Gasteiger partial charge in [0.15, 0.2) is 0 Å². The molecule has 0 fully saturated rings. The van der Waals surface area contributed by atoms with E-state index in [0.717, 1.165) is 49.8 Å². The Kier molecular flexibility index (Phi) is 6.66. The molecule has 7 nitrogen and oxygen atoms in total. The van der Waals surface area contributed by atoms with Crippen LogP contribution < -0.4 is 10.0 Å². The molecule has 2 aliphatic rings. The van der Waals surface area contributed by atoms with Crippen molar-refractivity contribution in [3.8, 4) is 0 Å². The second-order valence-corrected chi connectivity index (χ2v) is 11.0. The number of nitrogens with one attached hydrogen (secondary N) is 2. The van der Waals surface area contributed by atoms with Crippen LogP contribution in [0.5, 0.6) is 0 Å². The molecule has 4 rings (SSSR count). The second kappa shape index (κ2) is 9.28. The highest BCUT2D eigenvalue weighted by atomic mass is 32.2. The Morgan fingerprint density at radius 1 is 1.06 bits per heavy atom. The molecular formula is C22H30N4O3S2. The van der Waals surface area contributed by atoms with Gasteiger partial charge in [-0.2, -0.15) is 24.1 Å². The number of aryl methyl sites for hydroxylation is 2. The summed E-state index contributed by atoms with van der Waals surface area (Å²) < 4.78 is 29.7. The Balaban J connectivity index is 1.51. The lowest BCUT2D eigenvalue weighted by Gasteiger charge is -2.24. The van der Waals surface area contributed by atoms with Crippen molar-refractivity contribution in [2.24, 2.45) is 0 Å². The van der Waals surface area contributed by atoms with E-state index >= 15 is 0 Å². The summed E-state index contributed by atoms with van der Waals surface area (Å²) in [6.07, 6.45) is 6.06. The molecule has 1 heterocycles. The van der Waals surface area contributed by atoms with Gasteiger partial charge in [0.25, 0.3) is 0 Å². The number of benzene rings is 1. The molecule has 0 saturated heterocycles. The Labute approximate surface area is 188 Å². The summed E-state index contributed by atoms with van der Waals surface area (Å²) in [5.41, 5.74) is 6.70. The fourth-order valence-corrected chi connectivity index (χ4v) is 6.19. The number of urea groups is 1. The smallest absolute Gasteiger partial charge is 0.308 e. The lowest BCUT2D eigenvalue weighted by atomic mass is 9.99. The summed E-state index contributed by atoms with van der Waals surface area (Å²) in [4.78, 5) is 14.8. The van der Waals surface area contributed by atoms with Gasteiger partial charge in [-0.1, -0.05) is 6.07 Å². The SMILES string of the molecule is CN(C)CCN(Cc1ccsc1)S(=O)(=O)NC(=O)Nc1c2c(cc3c1CCC3)CCC2. The van der Waals surface area contributed by atoms with E-state index in [2.05, 4.69) is 16.1 Å². The van der Waals surface area contributed by atoms with Gasteiger partial charge in [0.2, 0.25) is 0 Å². The quantitative estimate of drug-likeness (QED) is 0.631. The molecule has 0 bridgehead atoms. The van der Waals surface area contributed by atoms with Gasteiger partial charge in [-0.3, -0.25) is 0 Å². The van der Waals surface area contributed by atoms with E-state index in [1.165, 1.54) is 37.9 Å². The molecule has 0 atom stereocenters. The summed E-state index contributed by atoms with van der Waals surface area (Å²) in [6.45, 7) is 1.09. The van der Waals surface area contributed by atoms with E-state index in [0.29, 0.717) is 13.1 Å². The van der Waals surface area contributed by atoms with Gasteiger partial charge in [0.05, 0.1) is 0 Å². The average molecular weight is 463 g/mol. The molecule has 1 aromatic heterocycles. The van der Waals surface area contributed by atoms with Crippen LogP contribution in [0.4, 0.5) is 10.5 Å². The van der Waals surface area contributed by atoms with Crippen LogP contribution in [0.25, 0.3) is 0 Å². The number of hydrogen-bond donors (Lipinski definition) is 2. The van der Waals surface area contributed by atoms with Crippen molar-refractivity contribution in [1.82, 2.24) is 13.9 Å². The molecular weight excluding hydrogens is 432 g/mol. The molecule has 1 aromatic carbocycles. The van der Waals surface area contributed by atoms with Crippen molar-refractivity contribution in [2.45, 2.75) is 45.1 Å². The molecule has 0 saturated carbocycles. The number of amides is 2. The Morgan fingerprint density at radius 3 is 2.32 bits per heavy atom. The molecule has 2 aromatic rings. The zero-order chi connectivity index (χ0) is 22.0. The Hall–Kier alpha value is -1.94. The first kappa shape index (κ1) is 22.3. The highest BCUT2D eigenvalue weighted by Crippen LogP contribution is 2.38. The predicted molar refractivity (Wildman–Crippen MR) is 125 cm³/mol. The maximum atomic E-state index is 13.1. The van der Waals surface area contributed by atoms with Gasteiger partial charge in [0.1, 0.15) is 0 Å². The molecule has 31 heavy (non-hydrogen) atoms. The van der Waals surface area contributed by atoms with Crippen molar-refractivity contribution < 1.29 is 13.2 Å². The molecule has 2 amide bonds. The fraction of sp³-hybridized carbons (Fsp3) is 0.500. The third kappa shape index (κ3) is 5.11. The van der Waals surface area contributed by atoms with Crippen molar-refractivity contribution in [3.05, 3.63) is 50.7 Å². The second-order valence-electron chi connectivity index (χ2n) is 8.56. The zero-order valence-corrected chi connectivity index (χ0v) is 19.7. The van der Waals surface area contributed by atoms with Crippen LogP contribution in [0.3, 0.4) is 0 Å². The lowest BCUT2D eigenvalue weighted by molar-refractivity contribution is 0.255. The minimum Gasteiger partial charge on any atom is -0.308 e. The van der Waals surface area contributed by atoms with E-state index in [9.17, 15) is 13.2 Å².